The molecule has 0 spiro atoms. The highest BCUT2D eigenvalue weighted by molar-refractivity contribution is 5.55. The van der Waals surface area contributed by atoms with Crippen LogP contribution in [-0.4, -0.2) is 35.4 Å². The maximum atomic E-state index is 8.75. The zero-order valence-electron chi connectivity index (χ0n) is 4.33. The summed E-state index contributed by atoms with van der Waals surface area (Å²) >= 11 is 0. The van der Waals surface area contributed by atoms with Crippen LogP contribution in [0.15, 0.2) is 4.99 Å². The first-order valence-corrected chi connectivity index (χ1v) is 2.37. The lowest BCUT2D eigenvalue weighted by Gasteiger charge is -2.21. The number of nitrogens with zero attached hydrogens (tertiary/aromatic N) is 1. The van der Waals surface area contributed by atoms with Crippen LogP contribution in [0.1, 0.15) is 0 Å². The Balaban J connectivity index is 2.50. The average molecular weight is 116 g/mol. The molecule has 1 aliphatic heterocycles. The molecule has 0 saturated heterocycles. The Bertz CT molecular complexity index is 111. The van der Waals surface area contributed by atoms with E-state index in [-0.39, 0.29) is 13.1 Å². The van der Waals surface area contributed by atoms with Crippen LogP contribution in [0, 0.1) is 0 Å². The highest BCUT2D eigenvalue weighted by Gasteiger charge is 2.23. The van der Waals surface area contributed by atoms with Gasteiger partial charge in [-0.15, -0.1) is 0 Å². The second-order valence-electron chi connectivity index (χ2n) is 1.83. The van der Waals surface area contributed by atoms with E-state index in [1.807, 2.05) is 0 Å². The topological polar surface area (TPSA) is 64.8 Å². The van der Waals surface area contributed by atoms with Crippen LogP contribution in [0.2, 0.25) is 0 Å². The minimum atomic E-state index is -1.63. The van der Waals surface area contributed by atoms with Gasteiger partial charge in [0.1, 0.15) is 0 Å². The van der Waals surface area contributed by atoms with Crippen LogP contribution < -0.4 is 5.32 Å². The third kappa shape index (κ3) is 1.18. The summed E-state index contributed by atoms with van der Waals surface area (Å²) in [4.78, 5) is 3.59. The van der Waals surface area contributed by atoms with Crippen molar-refractivity contribution in [1.29, 1.82) is 0 Å². The molecule has 3 N–H and O–H groups in total. The Morgan fingerprint density at radius 1 is 1.62 bits per heavy atom. The fraction of sp³-hybridized carbons (Fsp3) is 0.750. The van der Waals surface area contributed by atoms with Crippen molar-refractivity contribution in [2.75, 3.05) is 13.1 Å². The van der Waals surface area contributed by atoms with Crippen molar-refractivity contribution in [1.82, 2.24) is 5.32 Å². The molecular weight excluding hydrogens is 108 g/mol. The maximum absolute atomic E-state index is 8.75. The summed E-state index contributed by atoms with van der Waals surface area (Å²) < 4.78 is 0. The summed E-state index contributed by atoms with van der Waals surface area (Å²) in [6, 6.07) is 0. The summed E-state index contributed by atoms with van der Waals surface area (Å²) in [6.07, 6.45) is 1.46. The molecule has 0 amide bonds. The van der Waals surface area contributed by atoms with Gasteiger partial charge in [0.25, 0.3) is 0 Å². The molecule has 4 heteroatoms. The van der Waals surface area contributed by atoms with Gasteiger partial charge in [-0.25, -0.2) is 0 Å². The lowest BCUT2D eigenvalue weighted by atomic mass is 10.3. The smallest absolute Gasteiger partial charge is 0.200 e. The van der Waals surface area contributed by atoms with E-state index in [4.69, 9.17) is 10.2 Å². The number of β-amino-alcohol motifs (C(OH)–C–C–N with tert-alkyl or cyclic N) is 2. The van der Waals surface area contributed by atoms with E-state index >= 15 is 0 Å². The largest absolute Gasteiger partial charge is 0.371 e. The first kappa shape index (κ1) is 5.53. The van der Waals surface area contributed by atoms with Gasteiger partial charge in [-0.05, 0) is 0 Å². The zero-order chi connectivity index (χ0) is 6.04. The second kappa shape index (κ2) is 1.72. The summed E-state index contributed by atoms with van der Waals surface area (Å²) in [5.41, 5.74) is 0. The number of hydrogen-bond acceptors (Lipinski definition) is 4. The summed E-state index contributed by atoms with van der Waals surface area (Å²) in [5.74, 6) is -1.63. The van der Waals surface area contributed by atoms with Crippen LogP contribution >= 0.6 is 0 Å². The van der Waals surface area contributed by atoms with E-state index in [2.05, 4.69) is 10.3 Å². The van der Waals surface area contributed by atoms with Gasteiger partial charge in [0.05, 0.1) is 19.4 Å². The van der Waals surface area contributed by atoms with Gasteiger partial charge in [0.2, 0.25) is 5.79 Å². The zero-order valence-corrected chi connectivity index (χ0v) is 4.33. The molecule has 4 nitrogen and oxygen atoms in total. The standard InChI is InChI=1S/C4H8N2O2/c7-4(8)1-5-3-6-2-4/h3,7-8H,1-2H2,(H,5,6). The molecule has 1 aliphatic rings. The van der Waals surface area contributed by atoms with Crippen LogP contribution in [0.3, 0.4) is 0 Å². The molecule has 0 radical (unpaired) electrons. The van der Waals surface area contributed by atoms with Gasteiger partial charge in [-0.3, -0.25) is 4.99 Å². The first-order valence-electron chi connectivity index (χ1n) is 2.37. The minimum Gasteiger partial charge on any atom is -0.371 e. The Morgan fingerprint density at radius 3 is 2.62 bits per heavy atom. The van der Waals surface area contributed by atoms with Crippen molar-refractivity contribution in [3.05, 3.63) is 0 Å². The Hall–Kier alpha value is -0.610. The highest BCUT2D eigenvalue weighted by atomic mass is 16.5. The van der Waals surface area contributed by atoms with Gasteiger partial charge in [0, 0.05) is 0 Å². The SMILES string of the molecule is OC1(O)CN=CNC1. The van der Waals surface area contributed by atoms with Crippen molar-refractivity contribution in [2.45, 2.75) is 5.79 Å². The van der Waals surface area contributed by atoms with Crippen molar-refractivity contribution in [3.63, 3.8) is 0 Å². The normalized spacial score (nSPS) is 24.8. The summed E-state index contributed by atoms with van der Waals surface area (Å²) in [6.45, 7) is 0.233. The van der Waals surface area contributed by atoms with Crippen molar-refractivity contribution >= 4 is 6.34 Å². The van der Waals surface area contributed by atoms with Crippen LogP contribution in [-0.2, 0) is 0 Å². The van der Waals surface area contributed by atoms with Gasteiger partial charge in [-0.2, -0.15) is 0 Å². The number of rotatable bonds is 0. The quantitative estimate of drug-likeness (QED) is 0.330. The average Bonchev–Trinajstić information content (AvgIpc) is 1.65. The van der Waals surface area contributed by atoms with Gasteiger partial charge in [-0.1, -0.05) is 0 Å². The van der Waals surface area contributed by atoms with Crippen molar-refractivity contribution in [2.24, 2.45) is 4.99 Å². The highest BCUT2D eigenvalue weighted by Crippen LogP contribution is 1.98. The molecule has 0 saturated carbocycles. The third-order valence-corrected chi connectivity index (χ3v) is 0.912. The van der Waals surface area contributed by atoms with Gasteiger partial charge >= 0.3 is 0 Å². The fourth-order valence-corrected chi connectivity index (χ4v) is 0.521. The van der Waals surface area contributed by atoms with E-state index in [1.54, 1.807) is 0 Å². The van der Waals surface area contributed by atoms with E-state index in [0.29, 0.717) is 0 Å². The number of nitrogens with one attached hydrogen (secondary N) is 1. The van der Waals surface area contributed by atoms with Gasteiger partial charge < -0.3 is 15.5 Å². The molecule has 0 aromatic heterocycles. The monoisotopic (exact) mass is 116 g/mol. The second-order valence-corrected chi connectivity index (χ2v) is 1.83. The lowest BCUT2D eigenvalue weighted by molar-refractivity contribution is -0.147. The van der Waals surface area contributed by atoms with Crippen LogP contribution in [0.5, 0.6) is 0 Å². The summed E-state index contributed by atoms with van der Waals surface area (Å²) in [5, 5.41) is 20.1. The number of hydrogen-bond donors (Lipinski definition) is 3. The molecule has 1 rings (SSSR count). The molecule has 46 valence electrons. The maximum Gasteiger partial charge on any atom is 0.200 e. The molecular formula is C4H8N2O2. The van der Waals surface area contributed by atoms with Crippen LogP contribution in [0.4, 0.5) is 0 Å². The van der Waals surface area contributed by atoms with Gasteiger partial charge in [0.15, 0.2) is 0 Å². The van der Waals surface area contributed by atoms with E-state index in [0.717, 1.165) is 0 Å². The Labute approximate surface area is 46.9 Å². The molecule has 0 aromatic rings. The molecule has 0 aliphatic carbocycles. The number of aliphatic hydroxyl groups is 2. The molecule has 0 aromatic carbocycles. The number of aliphatic imine (C=N–C) groups is 1. The lowest BCUT2D eigenvalue weighted by Crippen LogP contribution is -2.45. The minimum absolute atomic E-state index is 0.0694. The summed E-state index contributed by atoms with van der Waals surface area (Å²) in [7, 11) is 0. The van der Waals surface area contributed by atoms with E-state index in [9.17, 15) is 0 Å². The van der Waals surface area contributed by atoms with Crippen molar-refractivity contribution in [3.8, 4) is 0 Å². The molecule has 0 bridgehead atoms. The molecule has 0 unspecified atom stereocenters. The molecule has 1 heterocycles. The molecule has 0 atom stereocenters. The molecule has 0 fully saturated rings. The predicted molar refractivity (Wildman–Crippen MR) is 28.5 cm³/mol. The van der Waals surface area contributed by atoms with Crippen molar-refractivity contribution < 1.29 is 10.2 Å². The fourth-order valence-electron chi connectivity index (χ4n) is 0.521. The van der Waals surface area contributed by atoms with Crippen LogP contribution in [0.25, 0.3) is 0 Å². The third-order valence-electron chi connectivity index (χ3n) is 0.912. The van der Waals surface area contributed by atoms with E-state index < -0.39 is 5.79 Å². The van der Waals surface area contributed by atoms with E-state index in [1.165, 1.54) is 6.34 Å². The first-order chi connectivity index (χ1) is 3.71. The Morgan fingerprint density at radius 2 is 2.38 bits per heavy atom. The molecule has 8 heavy (non-hydrogen) atoms. The Kier molecular flexibility index (Phi) is 1.19. The predicted octanol–water partition coefficient (Wildman–Crippen LogP) is -1.70.